The summed E-state index contributed by atoms with van der Waals surface area (Å²) < 4.78 is 0. The summed E-state index contributed by atoms with van der Waals surface area (Å²) in [6, 6.07) is 23.0. The Morgan fingerprint density at radius 2 is 1.54 bits per heavy atom. The van der Waals surface area contributed by atoms with Gasteiger partial charge in [-0.05, 0) is 41.3 Å². The fourth-order valence-electron chi connectivity index (χ4n) is 3.62. The maximum absolute atomic E-state index is 12.8. The van der Waals surface area contributed by atoms with Crippen LogP contribution >= 0.6 is 11.6 Å². The summed E-state index contributed by atoms with van der Waals surface area (Å²) in [5.41, 5.74) is 2.72. The number of hydrogen-bond donors (Lipinski definition) is 3. The first-order valence-electron chi connectivity index (χ1n) is 11.6. The van der Waals surface area contributed by atoms with Crippen molar-refractivity contribution in [1.29, 1.82) is 0 Å². The average molecular weight is 492 g/mol. The monoisotopic (exact) mass is 491 g/mol. The van der Waals surface area contributed by atoms with Gasteiger partial charge in [-0.15, -0.1) is 0 Å². The predicted octanol–water partition coefficient (Wildman–Crippen LogP) is 5.50. The van der Waals surface area contributed by atoms with Crippen molar-refractivity contribution in [3.05, 3.63) is 101 Å². The number of halogens is 1. The molecule has 0 aliphatic rings. The molecule has 0 saturated heterocycles. The fraction of sp³-hybridized carbons (Fsp3) is 0.250. The number of nitrogens with one attached hydrogen (secondary N) is 3. The topological polar surface area (TPSA) is 87.3 Å². The summed E-state index contributed by atoms with van der Waals surface area (Å²) in [6.45, 7) is 4.28. The van der Waals surface area contributed by atoms with Gasteiger partial charge in [0.05, 0.1) is 23.0 Å². The number of benzene rings is 3. The van der Waals surface area contributed by atoms with E-state index in [1.165, 1.54) is 0 Å². The minimum Gasteiger partial charge on any atom is -0.352 e. The molecule has 0 aliphatic heterocycles. The molecule has 0 fully saturated rings. The largest absolute Gasteiger partial charge is 0.352 e. The number of rotatable bonds is 10. The Labute approximate surface area is 211 Å². The molecule has 0 radical (unpaired) electrons. The van der Waals surface area contributed by atoms with E-state index < -0.39 is 6.04 Å². The van der Waals surface area contributed by atoms with Crippen molar-refractivity contribution in [3.8, 4) is 0 Å². The van der Waals surface area contributed by atoms with Crippen molar-refractivity contribution < 1.29 is 14.4 Å². The molecule has 0 heterocycles. The van der Waals surface area contributed by atoms with Crippen LogP contribution in [0.15, 0.2) is 78.9 Å². The standard InChI is InChI=1S/C28H30ClN3O3/c1-19(2)15-27(34)31-22-12-8-9-20(16-22)18-30-26(33)17-25(21-10-4-3-5-11-21)32-28(35)23-13-6-7-14-24(23)29/h3-14,16,19,25H,15,17-18H2,1-2H3,(H,30,33)(H,31,34)(H,32,35). The van der Waals surface area contributed by atoms with E-state index in [2.05, 4.69) is 16.0 Å². The van der Waals surface area contributed by atoms with Crippen molar-refractivity contribution >= 4 is 35.0 Å². The van der Waals surface area contributed by atoms with E-state index >= 15 is 0 Å². The summed E-state index contributed by atoms with van der Waals surface area (Å²) in [5, 5.41) is 9.08. The van der Waals surface area contributed by atoms with Gasteiger partial charge in [-0.1, -0.05) is 80.0 Å². The minimum atomic E-state index is -0.526. The highest BCUT2D eigenvalue weighted by Crippen LogP contribution is 2.20. The van der Waals surface area contributed by atoms with Gasteiger partial charge in [-0.25, -0.2) is 0 Å². The molecule has 3 rings (SSSR count). The van der Waals surface area contributed by atoms with Crippen LogP contribution in [-0.2, 0) is 16.1 Å². The second-order valence-corrected chi connectivity index (χ2v) is 9.15. The third-order valence-electron chi connectivity index (χ3n) is 5.31. The van der Waals surface area contributed by atoms with Crippen LogP contribution in [0.5, 0.6) is 0 Å². The van der Waals surface area contributed by atoms with Crippen LogP contribution in [0.1, 0.15) is 54.2 Å². The average Bonchev–Trinajstić information content (AvgIpc) is 2.83. The predicted molar refractivity (Wildman–Crippen MR) is 139 cm³/mol. The van der Waals surface area contributed by atoms with Gasteiger partial charge in [0, 0.05) is 18.7 Å². The third kappa shape index (κ3) is 8.26. The SMILES string of the molecule is CC(C)CC(=O)Nc1cccc(CNC(=O)CC(NC(=O)c2ccccc2Cl)c2ccccc2)c1. The van der Waals surface area contributed by atoms with Crippen molar-refractivity contribution in [2.24, 2.45) is 5.92 Å². The fourth-order valence-corrected chi connectivity index (χ4v) is 3.84. The molecular formula is C28H30ClN3O3. The lowest BCUT2D eigenvalue weighted by atomic mass is 10.0. The van der Waals surface area contributed by atoms with E-state index in [4.69, 9.17) is 11.6 Å². The number of amides is 3. The molecule has 3 aromatic carbocycles. The van der Waals surface area contributed by atoms with Crippen LogP contribution in [0, 0.1) is 5.92 Å². The Kier molecular flexibility index (Phi) is 9.44. The highest BCUT2D eigenvalue weighted by atomic mass is 35.5. The summed E-state index contributed by atoms with van der Waals surface area (Å²) >= 11 is 6.17. The molecule has 1 unspecified atom stereocenters. The first-order valence-corrected chi connectivity index (χ1v) is 12.0. The van der Waals surface area contributed by atoms with Gasteiger partial charge in [-0.3, -0.25) is 14.4 Å². The Bertz CT molecular complexity index is 1160. The van der Waals surface area contributed by atoms with Crippen LogP contribution in [0.3, 0.4) is 0 Å². The van der Waals surface area contributed by atoms with Crippen LogP contribution in [0.2, 0.25) is 5.02 Å². The van der Waals surface area contributed by atoms with Gasteiger partial charge in [0.25, 0.3) is 5.91 Å². The zero-order valence-electron chi connectivity index (χ0n) is 19.9. The Morgan fingerprint density at radius 3 is 2.26 bits per heavy atom. The first-order chi connectivity index (χ1) is 16.8. The molecule has 35 heavy (non-hydrogen) atoms. The zero-order chi connectivity index (χ0) is 25.2. The van der Waals surface area contributed by atoms with Crippen molar-refractivity contribution in [3.63, 3.8) is 0 Å². The van der Waals surface area contributed by atoms with Crippen LogP contribution in [0.4, 0.5) is 5.69 Å². The molecule has 3 N–H and O–H groups in total. The van der Waals surface area contributed by atoms with Gasteiger partial charge in [-0.2, -0.15) is 0 Å². The lowest BCUT2D eigenvalue weighted by Crippen LogP contribution is -2.33. The molecular weight excluding hydrogens is 462 g/mol. The smallest absolute Gasteiger partial charge is 0.253 e. The lowest BCUT2D eigenvalue weighted by molar-refractivity contribution is -0.121. The molecule has 1 atom stereocenters. The van der Waals surface area contributed by atoms with Gasteiger partial charge < -0.3 is 16.0 Å². The summed E-state index contributed by atoms with van der Waals surface area (Å²) in [4.78, 5) is 37.7. The van der Waals surface area contributed by atoms with Gasteiger partial charge in [0.2, 0.25) is 11.8 Å². The molecule has 0 aliphatic carbocycles. The first kappa shape index (κ1) is 26.0. The normalized spacial score (nSPS) is 11.5. The highest BCUT2D eigenvalue weighted by molar-refractivity contribution is 6.33. The number of anilines is 1. The van der Waals surface area contributed by atoms with Crippen molar-refractivity contribution in [2.45, 2.75) is 39.3 Å². The molecule has 7 heteroatoms. The van der Waals surface area contributed by atoms with E-state index in [-0.39, 0.29) is 30.1 Å². The summed E-state index contributed by atoms with van der Waals surface area (Å²) in [7, 11) is 0. The maximum Gasteiger partial charge on any atom is 0.253 e. The number of hydrogen-bond acceptors (Lipinski definition) is 3. The molecule has 6 nitrogen and oxygen atoms in total. The zero-order valence-corrected chi connectivity index (χ0v) is 20.6. The minimum absolute atomic E-state index is 0.0406. The van der Waals surface area contributed by atoms with Gasteiger partial charge in [0.15, 0.2) is 0 Å². The van der Waals surface area contributed by atoms with E-state index in [1.54, 1.807) is 24.3 Å². The van der Waals surface area contributed by atoms with Crippen LogP contribution < -0.4 is 16.0 Å². The summed E-state index contributed by atoms with van der Waals surface area (Å²) in [5.74, 6) is -0.329. The lowest BCUT2D eigenvalue weighted by Gasteiger charge is -2.19. The third-order valence-corrected chi connectivity index (χ3v) is 5.64. The number of carbonyl (C=O) groups excluding carboxylic acids is 3. The molecule has 0 bridgehead atoms. The van der Waals surface area contributed by atoms with E-state index in [0.717, 1.165) is 11.1 Å². The maximum atomic E-state index is 12.8. The number of carbonyl (C=O) groups is 3. The quantitative estimate of drug-likeness (QED) is 0.350. The molecule has 182 valence electrons. The van der Waals surface area contributed by atoms with E-state index in [9.17, 15) is 14.4 Å². The highest BCUT2D eigenvalue weighted by Gasteiger charge is 2.20. The van der Waals surface area contributed by atoms with Crippen molar-refractivity contribution in [2.75, 3.05) is 5.32 Å². The Morgan fingerprint density at radius 1 is 0.829 bits per heavy atom. The second kappa shape index (κ2) is 12.7. The molecule has 0 aromatic heterocycles. The van der Waals surface area contributed by atoms with Crippen molar-refractivity contribution in [1.82, 2.24) is 10.6 Å². The van der Waals surface area contributed by atoms with Crippen LogP contribution in [0.25, 0.3) is 0 Å². The summed E-state index contributed by atoms with van der Waals surface area (Å²) in [6.07, 6.45) is 0.507. The Hall–Kier alpha value is -3.64. The van der Waals surface area contributed by atoms with E-state index in [1.807, 2.05) is 68.4 Å². The molecule has 3 aromatic rings. The van der Waals surface area contributed by atoms with E-state index in [0.29, 0.717) is 29.2 Å². The van der Waals surface area contributed by atoms with Crippen LogP contribution in [-0.4, -0.2) is 17.7 Å². The molecule has 0 spiro atoms. The molecule has 3 amide bonds. The Balaban J connectivity index is 1.63. The second-order valence-electron chi connectivity index (χ2n) is 8.74. The van der Waals surface area contributed by atoms with Gasteiger partial charge >= 0.3 is 0 Å². The molecule has 0 saturated carbocycles. The van der Waals surface area contributed by atoms with Gasteiger partial charge in [0.1, 0.15) is 0 Å².